The monoisotopic (exact) mass is 452 g/mol. The third kappa shape index (κ3) is 3.96. The Morgan fingerprint density at radius 2 is 1.50 bits per heavy atom. The number of carbonyl (C=O) groups is 1. The van der Waals surface area contributed by atoms with Crippen molar-refractivity contribution in [1.29, 1.82) is 0 Å². The Balaban J connectivity index is 1.84. The summed E-state index contributed by atoms with van der Waals surface area (Å²) in [6, 6.07) is 9.45. The second-order valence-corrected chi connectivity index (χ2v) is 6.47. The van der Waals surface area contributed by atoms with Crippen LogP contribution in [-0.2, 0) is 12.4 Å². The first-order chi connectivity index (χ1) is 15.1. The van der Waals surface area contributed by atoms with Gasteiger partial charge in [0.25, 0.3) is 0 Å². The molecule has 164 valence electrons. The number of aldehydes is 1. The van der Waals surface area contributed by atoms with Crippen molar-refractivity contribution in [3.05, 3.63) is 71.7 Å². The van der Waals surface area contributed by atoms with Crippen LogP contribution in [0.4, 0.5) is 26.3 Å². The van der Waals surface area contributed by atoms with Gasteiger partial charge >= 0.3 is 12.4 Å². The van der Waals surface area contributed by atoms with E-state index in [9.17, 15) is 31.1 Å². The molecular formula is C19H10F6N6O. The Labute approximate surface area is 174 Å². The quantitative estimate of drug-likeness (QED) is 0.340. The van der Waals surface area contributed by atoms with Crippen molar-refractivity contribution in [2.75, 3.05) is 0 Å². The average molecular weight is 452 g/mol. The summed E-state index contributed by atoms with van der Waals surface area (Å²) in [7, 11) is 0. The molecule has 0 aliphatic rings. The zero-order chi connectivity index (χ0) is 23.1. The van der Waals surface area contributed by atoms with Gasteiger partial charge in [0.15, 0.2) is 23.6 Å². The Hall–Kier alpha value is -4.03. The fraction of sp³-hybridized carbons (Fsp3) is 0.105. The maximum atomic E-state index is 13.1. The smallest absolute Gasteiger partial charge is 0.296 e. The Morgan fingerprint density at radius 1 is 0.875 bits per heavy atom. The molecule has 0 spiro atoms. The number of hydrogen-bond acceptors (Lipinski definition) is 5. The summed E-state index contributed by atoms with van der Waals surface area (Å²) in [5.74, 6) is -0.410. The molecule has 0 fully saturated rings. The average Bonchev–Trinajstić information content (AvgIpc) is 3.39. The summed E-state index contributed by atoms with van der Waals surface area (Å²) in [5, 5.41) is 11.6. The van der Waals surface area contributed by atoms with Gasteiger partial charge in [-0.05, 0) is 30.3 Å². The number of rotatable bonds is 4. The van der Waals surface area contributed by atoms with E-state index in [1.54, 1.807) is 30.3 Å². The number of nitrogens with zero attached hydrogens (tertiary/aromatic N) is 6. The van der Waals surface area contributed by atoms with E-state index >= 15 is 0 Å². The highest BCUT2D eigenvalue weighted by Gasteiger charge is 2.37. The second-order valence-electron chi connectivity index (χ2n) is 6.47. The molecule has 2 aromatic carbocycles. The normalized spacial score (nSPS) is 12.2. The minimum absolute atomic E-state index is 0.00738. The third-order valence-electron chi connectivity index (χ3n) is 4.34. The lowest BCUT2D eigenvalue weighted by molar-refractivity contribution is -0.143. The first kappa shape index (κ1) is 21.2. The number of halogens is 6. The molecular weight excluding hydrogens is 442 g/mol. The summed E-state index contributed by atoms with van der Waals surface area (Å²) in [6.45, 7) is 0. The molecule has 4 aromatic rings. The van der Waals surface area contributed by atoms with Gasteiger partial charge in [-0.25, -0.2) is 4.98 Å². The lowest BCUT2D eigenvalue weighted by Gasteiger charge is -2.13. The molecule has 0 amide bonds. The van der Waals surface area contributed by atoms with Gasteiger partial charge in [0.05, 0.1) is 16.8 Å². The maximum absolute atomic E-state index is 13.1. The van der Waals surface area contributed by atoms with Gasteiger partial charge in [0.2, 0.25) is 0 Å². The van der Waals surface area contributed by atoms with Crippen LogP contribution in [0.2, 0.25) is 0 Å². The summed E-state index contributed by atoms with van der Waals surface area (Å²) < 4.78 is 81.1. The maximum Gasteiger partial charge on any atom is 0.416 e. The molecule has 0 saturated carbocycles. The summed E-state index contributed by atoms with van der Waals surface area (Å²) in [6.07, 6.45) is -8.61. The van der Waals surface area contributed by atoms with E-state index in [0.717, 1.165) is 11.0 Å². The summed E-state index contributed by atoms with van der Waals surface area (Å²) in [4.78, 5) is 15.2. The van der Waals surface area contributed by atoms with Crippen LogP contribution >= 0.6 is 0 Å². The standard InChI is InChI=1S/C19H10F6N6O/c20-18(21,22)12-6-11(7-13(8-12)19(23,24)25)16-26-10-30(28-16)17-15(9-32)27-29-31(17)14-4-2-1-3-5-14/h1-10H. The van der Waals surface area contributed by atoms with Gasteiger partial charge in [0.1, 0.15) is 6.33 Å². The van der Waals surface area contributed by atoms with Crippen molar-refractivity contribution in [3.63, 3.8) is 0 Å². The van der Waals surface area contributed by atoms with Crippen molar-refractivity contribution in [1.82, 2.24) is 29.8 Å². The highest BCUT2D eigenvalue weighted by Crippen LogP contribution is 2.38. The second kappa shape index (κ2) is 7.59. The van der Waals surface area contributed by atoms with Crippen molar-refractivity contribution >= 4 is 6.29 Å². The fourth-order valence-electron chi connectivity index (χ4n) is 2.90. The topological polar surface area (TPSA) is 78.5 Å². The van der Waals surface area contributed by atoms with E-state index in [0.29, 0.717) is 24.1 Å². The van der Waals surface area contributed by atoms with E-state index in [1.807, 2.05) is 0 Å². The van der Waals surface area contributed by atoms with Crippen LogP contribution in [0.15, 0.2) is 54.9 Å². The molecule has 2 heterocycles. The van der Waals surface area contributed by atoms with Crippen molar-refractivity contribution in [3.8, 4) is 22.9 Å². The van der Waals surface area contributed by atoms with E-state index in [2.05, 4.69) is 20.4 Å². The van der Waals surface area contributed by atoms with Crippen LogP contribution in [0.25, 0.3) is 22.9 Å². The Bertz CT molecular complexity index is 1240. The largest absolute Gasteiger partial charge is 0.416 e. The third-order valence-corrected chi connectivity index (χ3v) is 4.34. The molecule has 0 saturated heterocycles. The molecule has 0 N–H and O–H groups in total. The summed E-state index contributed by atoms with van der Waals surface area (Å²) >= 11 is 0. The molecule has 7 nitrogen and oxygen atoms in total. The predicted octanol–water partition coefficient (Wildman–Crippen LogP) is 4.37. The first-order valence-corrected chi connectivity index (χ1v) is 8.76. The number of alkyl halides is 6. The minimum atomic E-state index is -5.01. The fourth-order valence-corrected chi connectivity index (χ4v) is 2.90. The highest BCUT2D eigenvalue weighted by atomic mass is 19.4. The van der Waals surface area contributed by atoms with Crippen LogP contribution in [0.3, 0.4) is 0 Å². The molecule has 0 aliphatic heterocycles. The van der Waals surface area contributed by atoms with Gasteiger partial charge in [-0.1, -0.05) is 23.4 Å². The van der Waals surface area contributed by atoms with Gasteiger partial charge in [0, 0.05) is 5.56 Å². The zero-order valence-electron chi connectivity index (χ0n) is 15.6. The number of hydrogen-bond donors (Lipinski definition) is 0. The molecule has 4 rings (SSSR count). The van der Waals surface area contributed by atoms with Crippen molar-refractivity contribution < 1.29 is 31.1 Å². The van der Waals surface area contributed by atoms with Gasteiger partial charge in [-0.15, -0.1) is 10.2 Å². The first-order valence-electron chi connectivity index (χ1n) is 8.76. The van der Waals surface area contributed by atoms with Gasteiger partial charge in [-0.3, -0.25) is 4.79 Å². The molecule has 0 atom stereocenters. The molecule has 32 heavy (non-hydrogen) atoms. The number of para-hydroxylation sites is 1. The number of benzene rings is 2. The number of aromatic nitrogens is 6. The van der Waals surface area contributed by atoms with E-state index < -0.39 is 34.9 Å². The van der Waals surface area contributed by atoms with Crippen LogP contribution in [0.5, 0.6) is 0 Å². The molecule has 2 aromatic heterocycles. The zero-order valence-corrected chi connectivity index (χ0v) is 15.6. The SMILES string of the molecule is O=Cc1nnn(-c2ccccc2)c1-n1cnc(-c2cc(C(F)(F)F)cc(C(F)(F)F)c2)n1. The molecule has 0 radical (unpaired) electrons. The van der Waals surface area contributed by atoms with Gasteiger partial charge < -0.3 is 0 Å². The summed E-state index contributed by atoms with van der Waals surface area (Å²) in [5.41, 5.74) is -3.17. The Kier molecular flexibility index (Phi) is 5.03. The van der Waals surface area contributed by atoms with E-state index in [1.165, 1.54) is 4.68 Å². The van der Waals surface area contributed by atoms with Crippen LogP contribution in [0, 0.1) is 0 Å². The van der Waals surface area contributed by atoms with Crippen molar-refractivity contribution in [2.24, 2.45) is 0 Å². The minimum Gasteiger partial charge on any atom is -0.296 e. The van der Waals surface area contributed by atoms with Crippen LogP contribution < -0.4 is 0 Å². The van der Waals surface area contributed by atoms with Crippen molar-refractivity contribution in [2.45, 2.75) is 12.4 Å². The van der Waals surface area contributed by atoms with E-state index in [-0.39, 0.29) is 17.6 Å². The molecule has 0 bridgehead atoms. The molecule has 13 heteroatoms. The predicted molar refractivity (Wildman–Crippen MR) is 97.1 cm³/mol. The Morgan fingerprint density at radius 3 is 2.06 bits per heavy atom. The molecule has 0 aliphatic carbocycles. The van der Waals surface area contributed by atoms with Crippen LogP contribution in [-0.4, -0.2) is 36.0 Å². The highest BCUT2D eigenvalue weighted by molar-refractivity contribution is 5.77. The van der Waals surface area contributed by atoms with E-state index in [4.69, 9.17) is 0 Å². The van der Waals surface area contributed by atoms with Crippen LogP contribution in [0.1, 0.15) is 21.6 Å². The lowest BCUT2D eigenvalue weighted by Crippen LogP contribution is -2.11. The lowest BCUT2D eigenvalue weighted by atomic mass is 10.0. The molecule has 0 unspecified atom stereocenters. The number of carbonyl (C=O) groups excluding carboxylic acids is 1. The van der Waals surface area contributed by atoms with Gasteiger partial charge in [-0.2, -0.15) is 35.7 Å².